The SMILES string of the molecule is c1ccc(-c2cccc(N(c3ccc(-c4cccc5sc6ccccc6c45)cc3)c3cccc(-c4ccc5ccccc5c4)c3)c2)cc1. The van der Waals surface area contributed by atoms with Crippen LogP contribution in [-0.2, 0) is 0 Å². The van der Waals surface area contributed by atoms with Gasteiger partial charge in [-0.1, -0.05) is 133 Å². The summed E-state index contributed by atoms with van der Waals surface area (Å²) in [7, 11) is 0. The average molecular weight is 630 g/mol. The number of benzene rings is 8. The summed E-state index contributed by atoms with van der Waals surface area (Å²) in [6, 6.07) is 68.2. The van der Waals surface area contributed by atoms with E-state index in [2.05, 4.69) is 193 Å². The van der Waals surface area contributed by atoms with Crippen LogP contribution in [0.5, 0.6) is 0 Å². The Hall–Kier alpha value is -5.96. The maximum Gasteiger partial charge on any atom is 0.0467 e. The minimum Gasteiger partial charge on any atom is -0.310 e. The summed E-state index contributed by atoms with van der Waals surface area (Å²) in [6.45, 7) is 0. The third-order valence-corrected chi connectivity index (χ3v) is 10.4. The standard InChI is InChI=1S/C46H31NS/c1-2-11-32(12-3-1)36-15-8-17-40(30-36)47(41-18-9-16-37(31-41)38-24-23-33-13-4-5-14-35(33)29-38)39-27-25-34(26-28-39)42-20-10-22-45-46(42)43-19-6-7-21-44(43)48-45/h1-31H. The van der Waals surface area contributed by atoms with Crippen molar-refractivity contribution in [3.8, 4) is 33.4 Å². The quantitative estimate of drug-likeness (QED) is 0.177. The number of nitrogens with zero attached hydrogens (tertiary/aromatic N) is 1. The summed E-state index contributed by atoms with van der Waals surface area (Å²) < 4.78 is 2.65. The molecule has 1 aromatic heterocycles. The van der Waals surface area contributed by atoms with E-state index < -0.39 is 0 Å². The Kier molecular flexibility index (Phi) is 7.07. The van der Waals surface area contributed by atoms with E-state index in [-0.39, 0.29) is 0 Å². The topological polar surface area (TPSA) is 3.24 Å². The first-order valence-electron chi connectivity index (χ1n) is 16.3. The molecule has 9 aromatic rings. The zero-order valence-electron chi connectivity index (χ0n) is 26.3. The highest BCUT2D eigenvalue weighted by Gasteiger charge is 2.16. The minimum absolute atomic E-state index is 1.11. The number of hydrogen-bond acceptors (Lipinski definition) is 2. The van der Waals surface area contributed by atoms with Crippen molar-refractivity contribution in [3.05, 3.63) is 188 Å². The number of anilines is 3. The highest BCUT2D eigenvalue weighted by molar-refractivity contribution is 7.25. The first-order valence-corrected chi connectivity index (χ1v) is 17.2. The third-order valence-electron chi connectivity index (χ3n) is 9.24. The van der Waals surface area contributed by atoms with E-state index in [1.807, 2.05) is 11.3 Å². The molecule has 226 valence electrons. The van der Waals surface area contributed by atoms with Crippen LogP contribution in [0.2, 0.25) is 0 Å². The van der Waals surface area contributed by atoms with Gasteiger partial charge in [-0.15, -0.1) is 11.3 Å². The molecular formula is C46H31NS. The fourth-order valence-corrected chi connectivity index (χ4v) is 8.03. The highest BCUT2D eigenvalue weighted by Crippen LogP contribution is 2.42. The average Bonchev–Trinajstić information content (AvgIpc) is 3.55. The van der Waals surface area contributed by atoms with E-state index in [0.29, 0.717) is 0 Å². The smallest absolute Gasteiger partial charge is 0.0467 e. The summed E-state index contributed by atoms with van der Waals surface area (Å²) in [5.74, 6) is 0. The number of thiophene rings is 1. The van der Waals surface area contributed by atoms with E-state index >= 15 is 0 Å². The molecular weight excluding hydrogens is 599 g/mol. The van der Waals surface area contributed by atoms with E-state index in [4.69, 9.17) is 0 Å². The lowest BCUT2D eigenvalue weighted by Gasteiger charge is -2.27. The lowest BCUT2D eigenvalue weighted by Crippen LogP contribution is -2.10. The second kappa shape index (κ2) is 12.0. The van der Waals surface area contributed by atoms with Crippen LogP contribution in [0, 0.1) is 0 Å². The van der Waals surface area contributed by atoms with Crippen LogP contribution in [0.3, 0.4) is 0 Å². The fraction of sp³-hybridized carbons (Fsp3) is 0. The minimum atomic E-state index is 1.11. The van der Waals surface area contributed by atoms with Gasteiger partial charge in [-0.2, -0.15) is 0 Å². The lowest BCUT2D eigenvalue weighted by atomic mass is 9.98. The molecule has 0 aliphatic carbocycles. The van der Waals surface area contributed by atoms with Crippen LogP contribution in [0.25, 0.3) is 64.3 Å². The predicted octanol–water partition coefficient (Wildman–Crippen LogP) is 13.7. The molecule has 2 heteroatoms. The molecule has 1 heterocycles. The highest BCUT2D eigenvalue weighted by atomic mass is 32.1. The molecule has 0 fully saturated rings. The van der Waals surface area contributed by atoms with Gasteiger partial charge in [0.1, 0.15) is 0 Å². The van der Waals surface area contributed by atoms with E-state index in [1.165, 1.54) is 64.3 Å². The van der Waals surface area contributed by atoms with Crippen molar-refractivity contribution in [2.45, 2.75) is 0 Å². The summed E-state index contributed by atoms with van der Waals surface area (Å²) in [5, 5.41) is 5.16. The van der Waals surface area contributed by atoms with Crippen molar-refractivity contribution >= 4 is 59.3 Å². The van der Waals surface area contributed by atoms with E-state index in [9.17, 15) is 0 Å². The van der Waals surface area contributed by atoms with Crippen LogP contribution >= 0.6 is 11.3 Å². The molecule has 0 bridgehead atoms. The largest absolute Gasteiger partial charge is 0.310 e. The van der Waals surface area contributed by atoms with Gasteiger partial charge in [-0.3, -0.25) is 0 Å². The number of hydrogen-bond donors (Lipinski definition) is 0. The van der Waals surface area contributed by atoms with E-state index in [0.717, 1.165) is 17.1 Å². The Morgan fingerprint density at radius 3 is 1.71 bits per heavy atom. The molecule has 0 unspecified atom stereocenters. The Morgan fingerprint density at radius 2 is 0.917 bits per heavy atom. The first-order chi connectivity index (χ1) is 23.8. The molecule has 0 saturated carbocycles. The van der Waals surface area contributed by atoms with Gasteiger partial charge >= 0.3 is 0 Å². The van der Waals surface area contributed by atoms with Gasteiger partial charge in [-0.25, -0.2) is 0 Å². The molecule has 0 aliphatic rings. The second-order valence-electron chi connectivity index (χ2n) is 12.2. The molecule has 0 spiro atoms. The Labute approximate surface area is 284 Å². The van der Waals surface area contributed by atoms with Gasteiger partial charge in [0.2, 0.25) is 0 Å². The fourth-order valence-electron chi connectivity index (χ4n) is 6.90. The van der Waals surface area contributed by atoms with Crippen molar-refractivity contribution in [1.29, 1.82) is 0 Å². The van der Waals surface area contributed by atoms with Crippen molar-refractivity contribution < 1.29 is 0 Å². The molecule has 0 saturated heterocycles. The van der Waals surface area contributed by atoms with Crippen molar-refractivity contribution in [3.63, 3.8) is 0 Å². The van der Waals surface area contributed by atoms with Crippen LogP contribution in [-0.4, -0.2) is 0 Å². The monoisotopic (exact) mass is 629 g/mol. The summed E-state index contributed by atoms with van der Waals surface area (Å²) >= 11 is 1.86. The zero-order chi connectivity index (χ0) is 31.9. The summed E-state index contributed by atoms with van der Waals surface area (Å²) in [6.07, 6.45) is 0. The second-order valence-corrected chi connectivity index (χ2v) is 13.3. The first kappa shape index (κ1) is 28.3. The van der Waals surface area contributed by atoms with Crippen LogP contribution in [0.15, 0.2) is 188 Å². The number of rotatable bonds is 6. The predicted molar refractivity (Wildman–Crippen MR) is 208 cm³/mol. The van der Waals surface area contributed by atoms with Crippen LogP contribution < -0.4 is 4.90 Å². The van der Waals surface area contributed by atoms with Crippen LogP contribution in [0.1, 0.15) is 0 Å². The molecule has 8 aromatic carbocycles. The van der Waals surface area contributed by atoms with E-state index in [1.54, 1.807) is 0 Å². The molecule has 9 rings (SSSR count). The Morgan fingerprint density at radius 1 is 0.333 bits per heavy atom. The molecule has 0 N–H and O–H groups in total. The van der Waals surface area contributed by atoms with Crippen LogP contribution in [0.4, 0.5) is 17.1 Å². The summed E-state index contributed by atoms with van der Waals surface area (Å²) in [5.41, 5.74) is 10.6. The van der Waals surface area contributed by atoms with Crippen molar-refractivity contribution in [2.24, 2.45) is 0 Å². The van der Waals surface area contributed by atoms with Gasteiger partial charge in [0.25, 0.3) is 0 Å². The van der Waals surface area contributed by atoms with Crippen molar-refractivity contribution in [2.75, 3.05) is 4.90 Å². The Bertz CT molecular complexity index is 2560. The third kappa shape index (κ3) is 5.13. The molecule has 48 heavy (non-hydrogen) atoms. The maximum atomic E-state index is 2.38. The van der Waals surface area contributed by atoms with Crippen molar-refractivity contribution in [1.82, 2.24) is 0 Å². The lowest BCUT2D eigenvalue weighted by molar-refractivity contribution is 1.28. The van der Waals surface area contributed by atoms with Gasteiger partial charge in [0, 0.05) is 37.2 Å². The molecule has 0 amide bonds. The molecule has 0 radical (unpaired) electrons. The van der Waals surface area contributed by atoms with Gasteiger partial charge in [0.15, 0.2) is 0 Å². The van der Waals surface area contributed by atoms with Gasteiger partial charge < -0.3 is 4.90 Å². The normalized spacial score (nSPS) is 11.3. The van der Waals surface area contributed by atoms with Gasteiger partial charge in [0.05, 0.1) is 0 Å². The molecule has 0 atom stereocenters. The van der Waals surface area contributed by atoms with Gasteiger partial charge in [-0.05, 0) is 98.8 Å². The number of fused-ring (bicyclic) bond motifs is 4. The molecule has 1 nitrogen and oxygen atoms in total. The maximum absolute atomic E-state index is 2.38. The molecule has 0 aliphatic heterocycles. The Balaban J connectivity index is 1.17. The summed E-state index contributed by atoms with van der Waals surface area (Å²) in [4.78, 5) is 2.38. The zero-order valence-corrected chi connectivity index (χ0v) is 27.1.